The molecule has 1 amide bonds. The van der Waals surface area contributed by atoms with Gasteiger partial charge in [-0.15, -0.1) is 0 Å². The van der Waals surface area contributed by atoms with Crippen LogP contribution in [0.2, 0.25) is 0 Å². The van der Waals surface area contributed by atoms with Crippen LogP contribution in [0.5, 0.6) is 0 Å². The zero-order chi connectivity index (χ0) is 13.7. The van der Waals surface area contributed by atoms with E-state index in [4.69, 9.17) is 0 Å². The highest BCUT2D eigenvalue weighted by Crippen LogP contribution is 2.12. The molecule has 0 saturated heterocycles. The lowest BCUT2D eigenvalue weighted by molar-refractivity contribution is -0.385. The minimum absolute atomic E-state index is 0.0616. The molecule has 18 heavy (non-hydrogen) atoms. The molecular weight excluding hydrogens is 236 g/mol. The zero-order valence-corrected chi connectivity index (χ0v) is 10.5. The number of hydrogen-bond donors (Lipinski definition) is 2. The molecule has 1 unspecified atom stereocenters. The molecule has 1 aromatic rings. The molecular formula is C11H16N4O3. The fourth-order valence-electron chi connectivity index (χ4n) is 1.28. The molecule has 7 nitrogen and oxygen atoms in total. The predicted octanol–water partition coefficient (Wildman–Crippen LogP) is 1.31. The molecule has 0 aliphatic rings. The van der Waals surface area contributed by atoms with Gasteiger partial charge in [0.05, 0.1) is 4.92 Å². The molecule has 2 N–H and O–H groups in total. The van der Waals surface area contributed by atoms with E-state index in [0.29, 0.717) is 5.82 Å². The molecule has 0 spiro atoms. The summed E-state index contributed by atoms with van der Waals surface area (Å²) >= 11 is 0. The Balaban J connectivity index is 2.61. The average Bonchev–Trinajstić information content (AvgIpc) is 2.28. The summed E-state index contributed by atoms with van der Waals surface area (Å²) in [6.07, 6.45) is 1.15. The van der Waals surface area contributed by atoms with Crippen LogP contribution in [0.3, 0.4) is 0 Å². The minimum Gasteiger partial charge on any atom is -0.359 e. The highest BCUT2D eigenvalue weighted by Gasteiger charge is 2.14. The highest BCUT2D eigenvalue weighted by molar-refractivity contribution is 5.84. The molecule has 1 aromatic heterocycles. The topological polar surface area (TPSA) is 97.2 Å². The number of hydrogen-bond acceptors (Lipinski definition) is 5. The second-order valence-electron chi connectivity index (χ2n) is 4.19. The zero-order valence-electron chi connectivity index (χ0n) is 10.5. The predicted molar refractivity (Wildman–Crippen MR) is 67.3 cm³/mol. The van der Waals surface area contributed by atoms with Crippen molar-refractivity contribution in [3.8, 4) is 0 Å². The van der Waals surface area contributed by atoms with Gasteiger partial charge in [0.2, 0.25) is 5.91 Å². The van der Waals surface area contributed by atoms with Crippen molar-refractivity contribution in [2.75, 3.05) is 5.32 Å². The molecule has 7 heteroatoms. The maximum atomic E-state index is 11.6. The van der Waals surface area contributed by atoms with Gasteiger partial charge in [-0.25, -0.2) is 4.98 Å². The van der Waals surface area contributed by atoms with E-state index in [1.54, 1.807) is 6.92 Å². The molecule has 1 atom stereocenters. The summed E-state index contributed by atoms with van der Waals surface area (Å²) in [6, 6.07) is 2.41. The number of pyridine rings is 1. The van der Waals surface area contributed by atoms with Crippen LogP contribution in [0.1, 0.15) is 20.8 Å². The Labute approximate surface area is 105 Å². The first kappa shape index (κ1) is 13.9. The fraction of sp³-hybridized carbons (Fsp3) is 0.455. The molecule has 1 rings (SSSR count). The number of nitrogens with zero attached hydrogens (tertiary/aromatic N) is 2. The van der Waals surface area contributed by atoms with Crippen molar-refractivity contribution >= 4 is 17.4 Å². The third-order valence-corrected chi connectivity index (χ3v) is 2.15. The molecule has 0 fully saturated rings. The van der Waals surface area contributed by atoms with Gasteiger partial charge >= 0.3 is 0 Å². The van der Waals surface area contributed by atoms with Crippen molar-refractivity contribution in [3.63, 3.8) is 0 Å². The fourth-order valence-corrected chi connectivity index (χ4v) is 1.28. The van der Waals surface area contributed by atoms with Crippen LogP contribution >= 0.6 is 0 Å². The van der Waals surface area contributed by atoms with Gasteiger partial charge in [0.1, 0.15) is 18.1 Å². The van der Waals surface area contributed by atoms with Gasteiger partial charge in [-0.3, -0.25) is 14.9 Å². The van der Waals surface area contributed by atoms with Crippen molar-refractivity contribution in [1.29, 1.82) is 0 Å². The van der Waals surface area contributed by atoms with E-state index in [0.717, 1.165) is 6.20 Å². The maximum absolute atomic E-state index is 11.6. The Kier molecular flexibility index (Phi) is 4.59. The quantitative estimate of drug-likeness (QED) is 0.608. The van der Waals surface area contributed by atoms with Gasteiger partial charge in [0.15, 0.2) is 0 Å². The molecule has 98 valence electrons. The van der Waals surface area contributed by atoms with E-state index >= 15 is 0 Å². The standard InChI is InChI=1S/C11H16N4O3/c1-7(2)13-11(16)8(3)14-10-5-4-9(6-12-10)15(17)18/h4-8H,1-3H3,(H,12,14)(H,13,16). The summed E-state index contributed by atoms with van der Waals surface area (Å²) in [5.74, 6) is 0.275. The van der Waals surface area contributed by atoms with Crippen LogP contribution in [0.25, 0.3) is 0 Å². The summed E-state index contributed by atoms with van der Waals surface area (Å²) in [6.45, 7) is 5.43. The second kappa shape index (κ2) is 5.95. The van der Waals surface area contributed by atoms with E-state index < -0.39 is 11.0 Å². The van der Waals surface area contributed by atoms with Crippen LogP contribution in [-0.4, -0.2) is 27.9 Å². The Morgan fingerprint density at radius 1 is 1.39 bits per heavy atom. The Hall–Kier alpha value is -2.18. The second-order valence-corrected chi connectivity index (χ2v) is 4.19. The number of carbonyl (C=O) groups excluding carboxylic acids is 1. The van der Waals surface area contributed by atoms with Gasteiger partial charge in [-0.05, 0) is 26.8 Å². The van der Waals surface area contributed by atoms with Crippen molar-refractivity contribution in [1.82, 2.24) is 10.3 Å². The summed E-state index contributed by atoms with van der Waals surface area (Å²) in [4.78, 5) is 25.4. The Morgan fingerprint density at radius 3 is 2.50 bits per heavy atom. The first-order valence-corrected chi connectivity index (χ1v) is 5.57. The van der Waals surface area contributed by atoms with Crippen molar-refractivity contribution < 1.29 is 9.72 Å². The lowest BCUT2D eigenvalue weighted by atomic mass is 10.2. The number of carbonyl (C=O) groups is 1. The lowest BCUT2D eigenvalue weighted by Crippen LogP contribution is -2.41. The van der Waals surface area contributed by atoms with E-state index in [9.17, 15) is 14.9 Å². The third kappa shape index (κ3) is 4.00. The van der Waals surface area contributed by atoms with Gasteiger partial charge in [-0.2, -0.15) is 0 Å². The first-order valence-electron chi connectivity index (χ1n) is 5.57. The third-order valence-electron chi connectivity index (χ3n) is 2.15. The highest BCUT2D eigenvalue weighted by atomic mass is 16.6. The molecule has 1 heterocycles. The summed E-state index contributed by atoms with van der Waals surface area (Å²) in [7, 11) is 0. The van der Waals surface area contributed by atoms with Crippen LogP contribution in [0.4, 0.5) is 11.5 Å². The lowest BCUT2D eigenvalue weighted by Gasteiger charge is -2.16. The Morgan fingerprint density at radius 2 is 2.06 bits per heavy atom. The maximum Gasteiger partial charge on any atom is 0.287 e. The molecule has 0 saturated carbocycles. The van der Waals surface area contributed by atoms with Crippen LogP contribution in [0, 0.1) is 10.1 Å². The van der Waals surface area contributed by atoms with Crippen LogP contribution in [0.15, 0.2) is 18.3 Å². The minimum atomic E-state index is -0.522. The molecule has 0 aliphatic heterocycles. The summed E-state index contributed by atoms with van der Waals surface area (Å²) in [5.41, 5.74) is -0.0835. The number of anilines is 1. The number of nitro groups is 1. The van der Waals surface area contributed by atoms with E-state index in [1.807, 2.05) is 13.8 Å². The SMILES string of the molecule is CC(C)NC(=O)C(C)Nc1ccc([N+](=O)[O-])cn1. The normalized spacial score (nSPS) is 12.0. The van der Waals surface area contributed by atoms with Crippen LogP contribution in [-0.2, 0) is 4.79 Å². The van der Waals surface area contributed by atoms with Crippen molar-refractivity contribution in [3.05, 3.63) is 28.4 Å². The van der Waals surface area contributed by atoms with Crippen molar-refractivity contribution in [2.45, 2.75) is 32.9 Å². The number of nitrogens with one attached hydrogen (secondary N) is 2. The number of rotatable bonds is 5. The molecule has 0 bridgehead atoms. The average molecular weight is 252 g/mol. The van der Waals surface area contributed by atoms with E-state index in [-0.39, 0.29) is 17.6 Å². The molecule has 0 aliphatic carbocycles. The summed E-state index contributed by atoms with van der Waals surface area (Å²) in [5, 5.41) is 16.1. The number of amides is 1. The van der Waals surface area contributed by atoms with E-state index in [1.165, 1.54) is 12.1 Å². The molecule has 0 aromatic carbocycles. The first-order chi connectivity index (χ1) is 8.40. The largest absolute Gasteiger partial charge is 0.359 e. The van der Waals surface area contributed by atoms with Gasteiger partial charge < -0.3 is 10.6 Å². The Bertz CT molecular complexity index is 430. The van der Waals surface area contributed by atoms with Gasteiger partial charge in [0, 0.05) is 12.1 Å². The monoisotopic (exact) mass is 252 g/mol. The van der Waals surface area contributed by atoms with Gasteiger partial charge in [-0.1, -0.05) is 0 Å². The van der Waals surface area contributed by atoms with Gasteiger partial charge in [0.25, 0.3) is 5.69 Å². The summed E-state index contributed by atoms with van der Waals surface area (Å²) < 4.78 is 0. The molecule has 0 radical (unpaired) electrons. The van der Waals surface area contributed by atoms with Crippen LogP contribution < -0.4 is 10.6 Å². The number of aromatic nitrogens is 1. The van der Waals surface area contributed by atoms with E-state index in [2.05, 4.69) is 15.6 Å². The van der Waals surface area contributed by atoms with Crippen molar-refractivity contribution in [2.24, 2.45) is 0 Å². The smallest absolute Gasteiger partial charge is 0.287 e.